The number of urea groups is 1. The predicted octanol–water partition coefficient (Wildman–Crippen LogP) is 3.34. The van der Waals surface area contributed by atoms with Crippen LogP contribution in [0, 0.1) is 13.8 Å². The first-order valence-corrected chi connectivity index (χ1v) is 9.82. The number of piperazine rings is 1. The molecule has 0 radical (unpaired) electrons. The second-order valence-electron chi connectivity index (χ2n) is 7.30. The Morgan fingerprint density at radius 1 is 0.967 bits per heavy atom. The molecule has 1 aromatic heterocycles. The van der Waals surface area contributed by atoms with Gasteiger partial charge < -0.3 is 19.6 Å². The van der Waals surface area contributed by atoms with Crippen LogP contribution in [0.3, 0.4) is 0 Å². The van der Waals surface area contributed by atoms with Gasteiger partial charge in [0.15, 0.2) is 5.82 Å². The number of carbonyl (C=O) groups is 2. The van der Waals surface area contributed by atoms with Gasteiger partial charge in [-0.1, -0.05) is 17.3 Å². The summed E-state index contributed by atoms with van der Waals surface area (Å²) in [5.41, 5.74) is 3.22. The fraction of sp³-hybridized carbons (Fsp3) is 0.273. The first kappa shape index (κ1) is 19.6. The van der Waals surface area contributed by atoms with Crippen LogP contribution in [0.15, 0.2) is 53.1 Å². The van der Waals surface area contributed by atoms with E-state index < -0.39 is 0 Å². The van der Waals surface area contributed by atoms with E-state index in [9.17, 15) is 9.59 Å². The van der Waals surface area contributed by atoms with Crippen molar-refractivity contribution in [3.05, 3.63) is 65.5 Å². The van der Waals surface area contributed by atoms with Crippen LogP contribution in [0.4, 0.5) is 10.5 Å². The molecule has 3 aromatic rings. The molecule has 0 bridgehead atoms. The molecule has 2 aromatic carbocycles. The number of nitrogens with one attached hydrogen (secondary N) is 1. The number of aryl methyl sites for hydroxylation is 2. The van der Waals surface area contributed by atoms with Gasteiger partial charge in [0.2, 0.25) is 0 Å². The van der Waals surface area contributed by atoms with Crippen molar-refractivity contribution in [1.29, 1.82) is 0 Å². The molecule has 1 aliphatic heterocycles. The van der Waals surface area contributed by atoms with Gasteiger partial charge in [-0.15, -0.1) is 0 Å². The third-order valence-corrected chi connectivity index (χ3v) is 5.03. The van der Waals surface area contributed by atoms with Crippen molar-refractivity contribution in [3.63, 3.8) is 0 Å². The molecule has 1 N–H and O–H groups in total. The van der Waals surface area contributed by atoms with E-state index >= 15 is 0 Å². The molecule has 3 amide bonds. The molecule has 2 heterocycles. The maximum atomic E-state index is 12.8. The topological polar surface area (TPSA) is 91.6 Å². The van der Waals surface area contributed by atoms with Crippen LogP contribution < -0.4 is 5.32 Å². The fourth-order valence-corrected chi connectivity index (χ4v) is 3.39. The van der Waals surface area contributed by atoms with Crippen molar-refractivity contribution in [2.75, 3.05) is 31.5 Å². The van der Waals surface area contributed by atoms with Crippen LogP contribution in [0.2, 0.25) is 0 Å². The molecule has 8 nitrogen and oxygen atoms in total. The summed E-state index contributed by atoms with van der Waals surface area (Å²) in [5, 5.41) is 6.69. The van der Waals surface area contributed by atoms with Gasteiger partial charge in [-0.25, -0.2) is 4.79 Å². The molecule has 0 aliphatic carbocycles. The highest BCUT2D eigenvalue weighted by atomic mass is 16.5. The van der Waals surface area contributed by atoms with Crippen LogP contribution in [0.5, 0.6) is 0 Å². The summed E-state index contributed by atoms with van der Waals surface area (Å²) < 4.78 is 5.15. The molecule has 0 saturated carbocycles. The van der Waals surface area contributed by atoms with Crippen LogP contribution >= 0.6 is 0 Å². The third kappa shape index (κ3) is 4.32. The van der Waals surface area contributed by atoms with E-state index in [0.717, 1.165) is 16.8 Å². The average Bonchev–Trinajstić information content (AvgIpc) is 3.20. The van der Waals surface area contributed by atoms with E-state index in [1.807, 2.05) is 31.2 Å². The van der Waals surface area contributed by atoms with Gasteiger partial charge in [0.1, 0.15) is 0 Å². The maximum absolute atomic E-state index is 12.8. The number of amides is 3. The van der Waals surface area contributed by atoms with Crippen molar-refractivity contribution >= 4 is 17.6 Å². The lowest BCUT2D eigenvalue weighted by atomic mass is 10.1. The van der Waals surface area contributed by atoms with Gasteiger partial charge in [-0.05, 0) is 55.8 Å². The number of hydrogen-bond acceptors (Lipinski definition) is 5. The number of rotatable bonds is 3. The zero-order valence-corrected chi connectivity index (χ0v) is 17.0. The van der Waals surface area contributed by atoms with E-state index in [1.54, 1.807) is 41.0 Å². The Hall–Kier alpha value is -3.68. The van der Waals surface area contributed by atoms with Crippen LogP contribution in [-0.4, -0.2) is 58.1 Å². The molecular formula is C22H23N5O3. The first-order chi connectivity index (χ1) is 14.5. The second kappa shape index (κ2) is 8.36. The zero-order valence-electron chi connectivity index (χ0n) is 17.0. The molecular weight excluding hydrogens is 382 g/mol. The number of anilines is 1. The van der Waals surface area contributed by atoms with E-state index in [4.69, 9.17) is 4.52 Å². The van der Waals surface area contributed by atoms with E-state index in [1.165, 1.54) is 0 Å². The van der Waals surface area contributed by atoms with Crippen LogP contribution in [-0.2, 0) is 0 Å². The predicted molar refractivity (Wildman–Crippen MR) is 112 cm³/mol. The molecule has 4 rings (SSSR count). The average molecular weight is 405 g/mol. The molecule has 8 heteroatoms. The number of hydrogen-bond donors (Lipinski definition) is 1. The van der Waals surface area contributed by atoms with Gasteiger partial charge in [0.25, 0.3) is 11.8 Å². The van der Waals surface area contributed by atoms with E-state index in [-0.39, 0.29) is 11.9 Å². The monoisotopic (exact) mass is 405 g/mol. The van der Waals surface area contributed by atoms with Gasteiger partial charge in [0.05, 0.1) is 0 Å². The molecule has 0 spiro atoms. The lowest BCUT2D eigenvalue weighted by Crippen LogP contribution is -2.51. The summed E-state index contributed by atoms with van der Waals surface area (Å²) in [7, 11) is 0. The standard InChI is InChI=1S/C22H23N5O3/c1-15-4-3-5-19(14-15)24-22(29)27-12-10-26(11-13-27)21(28)18-8-6-17(7-9-18)20-23-16(2)25-30-20/h3-9,14H,10-13H2,1-2H3,(H,24,29). The Kier molecular flexibility index (Phi) is 5.47. The normalized spacial score (nSPS) is 13.9. The molecule has 1 fully saturated rings. The van der Waals surface area contributed by atoms with Crippen LogP contribution in [0.25, 0.3) is 11.5 Å². The minimum Gasteiger partial charge on any atom is -0.335 e. The molecule has 0 atom stereocenters. The lowest BCUT2D eigenvalue weighted by molar-refractivity contribution is 0.0671. The van der Waals surface area contributed by atoms with Gasteiger partial charge in [-0.2, -0.15) is 4.98 Å². The Morgan fingerprint density at radius 2 is 1.67 bits per heavy atom. The van der Waals surface area contributed by atoms with Crippen molar-refractivity contribution in [2.24, 2.45) is 0 Å². The lowest BCUT2D eigenvalue weighted by Gasteiger charge is -2.34. The quantitative estimate of drug-likeness (QED) is 0.722. The molecule has 30 heavy (non-hydrogen) atoms. The Labute approximate surface area is 174 Å². The summed E-state index contributed by atoms with van der Waals surface area (Å²) in [5.74, 6) is 0.941. The van der Waals surface area contributed by atoms with E-state index in [2.05, 4.69) is 15.5 Å². The van der Waals surface area contributed by atoms with Gasteiger partial charge in [-0.3, -0.25) is 4.79 Å². The second-order valence-corrected chi connectivity index (χ2v) is 7.30. The van der Waals surface area contributed by atoms with Crippen LogP contribution in [0.1, 0.15) is 21.7 Å². The number of aromatic nitrogens is 2. The highest BCUT2D eigenvalue weighted by Gasteiger charge is 2.25. The third-order valence-electron chi connectivity index (χ3n) is 5.03. The molecule has 1 aliphatic rings. The maximum Gasteiger partial charge on any atom is 0.321 e. The summed E-state index contributed by atoms with van der Waals surface area (Å²) in [6.45, 7) is 5.70. The zero-order chi connectivity index (χ0) is 21.1. The van der Waals surface area contributed by atoms with E-state index in [0.29, 0.717) is 43.5 Å². The molecule has 154 valence electrons. The number of carbonyl (C=O) groups excluding carboxylic acids is 2. The van der Waals surface area contributed by atoms with Crippen molar-refractivity contribution < 1.29 is 14.1 Å². The number of nitrogens with zero attached hydrogens (tertiary/aromatic N) is 4. The Morgan fingerprint density at radius 3 is 2.30 bits per heavy atom. The molecule has 0 unspecified atom stereocenters. The van der Waals surface area contributed by atoms with Crippen molar-refractivity contribution in [1.82, 2.24) is 19.9 Å². The summed E-state index contributed by atoms with van der Waals surface area (Å²) in [6, 6.07) is 14.6. The van der Waals surface area contributed by atoms with Crippen molar-refractivity contribution in [2.45, 2.75) is 13.8 Å². The summed E-state index contributed by atoms with van der Waals surface area (Å²) >= 11 is 0. The highest BCUT2D eigenvalue weighted by molar-refractivity contribution is 5.95. The number of benzene rings is 2. The summed E-state index contributed by atoms with van der Waals surface area (Å²) in [4.78, 5) is 33.0. The minimum absolute atomic E-state index is 0.0537. The van der Waals surface area contributed by atoms with Gasteiger partial charge >= 0.3 is 6.03 Å². The molecule has 1 saturated heterocycles. The first-order valence-electron chi connectivity index (χ1n) is 9.82. The SMILES string of the molecule is Cc1cccc(NC(=O)N2CCN(C(=O)c3ccc(-c4nc(C)no4)cc3)CC2)c1. The summed E-state index contributed by atoms with van der Waals surface area (Å²) in [6.07, 6.45) is 0. The van der Waals surface area contributed by atoms with Gasteiger partial charge in [0, 0.05) is 43.0 Å². The smallest absolute Gasteiger partial charge is 0.321 e. The fourth-order valence-electron chi connectivity index (χ4n) is 3.39. The highest BCUT2D eigenvalue weighted by Crippen LogP contribution is 2.19. The largest absolute Gasteiger partial charge is 0.335 e. The Balaban J connectivity index is 1.33. The van der Waals surface area contributed by atoms with Crippen molar-refractivity contribution in [3.8, 4) is 11.5 Å². The minimum atomic E-state index is -0.146. The Bertz CT molecular complexity index is 1050.